The highest BCUT2D eigenvalue weighted by molar-refractivity contribution is 5.94. The van der Waals surface area contributed by atoms with Crippen LogP contribution in [0, 0.1) is 5.92 Å². The highest BCUT2D eigenvalue weighted by Crippen LogP contribution is 2.12. The van der Waals surface area contributed by atoms with Crippen molar-refractivity contribution < 1.29 is 14.3 Å². The van der Waals surface area contributed by atoms with Gasteiger partial charge in [0.2, 0.25) is 0 Å². The van der Waals surface area contributed by atoms with Crippen molar-refractivity contribution in [3.8, 4) is 0 Å². The zero-order valence-corrected chi connectivity index (χ0v) is 10.2. The minimum atomic E-state index is -0.319. The quantitative estimate of drug-likeness (QED) is 0.738. The zero-order chi connectivity index (χ0) is 12.1. The number of hydrogen-bond acceptors (Lipinski definition) is 3. The van der Waals surface area contributed by atoms with Gasteiger partial charge in [0.1, 0.15) is 0 Å². The van der Waals surface area contributed by atoms with E-state index in [1.807, 2.05) is 19.9 Å². The van der Waals surface area contributed by atoms with Gasteiger partial charge in [-0.2, -0.15) is 0 Å². The molecule has 0 aliphatic carbocycles. The summed E-state index contributed by atoms with van der Waals surface area (Å²) in [4.78, 5) is 24.4. The fourth-order valence-electron chi connectivity index (χ4n) is 1.48. The molecule has 0 saturated carbocycles. The van der Waals surface area contributed by atoms with Gasteiger partial charge in [-0.25, -0.2) is 4.79 Å². The van der Waals surface area contributed by atoms with Crippen molar-refractivity contribution in [1.82, 2.24) is 4.90 Å². The molecule has 0 saturated heterocycles. The molecule has 90 valence electrons. The third-order valence-electron chi connectivity index (χ3n) is 2.40. The Morgan fingerprint density at radius 3 is 2.75 bits per heavy atom. The van der Waals surface area contributed by atoms with Gasteiger partial charge in [0, 0.05) is 12.1 Å². The van der Waals surface area contributed by atoms with E-state index in [1.165, 1.54) is 6.92 Å². The Bertz CT molecular complexity index is 307. The number of ether oxygens (including phenoxy) is 1. The maximum absolute atomic E-state index is 11.6. The Kier molecular flexibility index (Phi) is 4.52. The minimum Gasteiger partial charge on any atom is -0.449 e. The van der Waals surface area contributed by atoms with Gasteiger partial charge >= 0.3 is 6.09 Å². The molecule has 1 rings (SSSR count). The molecule has 1 amide bonds. The van der Waals surface area contributed by atoms with Gasteiger partial charge in [0.05, 0.1) is 13.2 Å². The monoisotopic (exact) mass is 225 g/mol. The summed E-state index contributed by atoms with van der Waals surface area (Å²) in [5.41, 5.74) is 0.702. The summed E-state index contributed by atoms with van der Waals surface area (Å²) in [6.45, 7) is 6.94. The maximum Gasteiger partial charge on any atom is 0.410 e. The molecule has 0 unspecified atom stereocenters. The lowest BCUT2D eigenvalue weighted by atomic mass is 10.1. The lowest BCUT2D eigenvalue weighted by Gasteiger charge is -2.26. The van der Waals surface area contributed by atoms with Crippen LogP contribution >= 0.6 is 0 Å². The van der Waals surface area contributed by atoms with Crippen LogP contribution in [0.3, 0.4) is 0 Å². The third-order valence-corrected chi connectivity index (χ3v) is 2.40. The Hall–Kier alpha value is -1.32. The van der Waals surface area contributed by atoms with Crippen molar-refractivity contribution in [1.29, 1.82) is 0 Å². The summed E-state index contributed by atoms with van der Waals surface area (Å²) in [6, 6.07) is 0. The second kappa shape index (κ2) is 5.68. The molecule has 0 atom stereocenters. The third kappa shape index (κ3) is 3.68. The average molecular weight is 225 g/mol. The topological polar surface area (TPSA) is 46.6 Å². The first-order valence-corrected chi connectivity index (χ1v) is 5.62. The first-order valence-electron chi connectivity index (χ1n) is 5.62. The SMILES string of the molecule is CC(=O)C1=CCCN(C(=O)OCC(C)C)C1. The Labute approximate surface area is 96.3 Å². The van der Waals surface area contributed by atoms with Crippen LogP contribution in [0.25, 0.3) is 0 Å². The standard InChI is InChI=1S/C12H19NO3/c1-9(2)8-16-12(15)13-6-4-5-11(7-13)10(3)14/h5,9H,4,6-8H2,1-3H3. The van der Waals surface area contributed by atoms with Crippen LogP contribution in [-0.2, 0) is 9.53 Å². The fraction of sp³-hybridized carbons (Fsp3) is 0.667. The van der Waals surface area contributed by atoms with Gasteiger partial charge in [-0.05, 0) is 19.3 Å². The molecule has 1 heterocycles. The number of rotatable bonds is 3. The molecular formula is C12H19NO3. The van der Waals surface area contributed by atoms with Gasteiger partial charge < -0.3 is 9.64 Å². The molecule has 1 aliphatic heterocycles. The van der Waals surface area contributed by atoms with Crippen molar-refractivity contribution in [3.63, 3.8) is 0 Å². The van der Waals surface area contributed by atoms with Crippen LogP contribution < -0.4 is 0 Å². The summed E-state index contributed by atoms with van der Waals surface area (Å²) in [7, 11) is 0. The van der Waals surface area contributed by atoms with E-state index in [0.29, 0.717) is 31.2 Å². The lowest BCUT2D eigenvalue weighted by molar-refractivity contribution is -0.113. The summed E-state index contributed by atoms with van der Waals surface area (Å²) in [6.07, 6.45) is 2.31. The van der Waals surface area contributed by atoms with E-state index in [4.69, 9.17) is 4.74 Å². The molecule has 4 heteroatoms. The normalized spacial score (nSPS) is 16.0. The Morgan fingerprint density at radius 1 is 1.50 bits per heavy atom. The second-order valence-corrected chi connectivity index (χ2v) is 4.47. The fourth-order valence-corrected chi connectivity index (χ4v) is 1.48. The molecule has 0 bridgehead atoms. The van der Waals surface area contributed by atoms with Crippen molar-refractivity contribution in [2.24, 2.45) is 5.92 Å². The van der Waals surface area contributed by atoms with Crippen molar-refractivity contribution in [3.05, 3.63) is 11.6 Å². The van der Waals surface area contributed by atoms with E-state index in [9.17, 15) is 9.59 Å². The molecule has 0 aromatic heterocycles. The molecule has 0 spiro atoms. The zero-order valence-electron chi connectivity index (χ0n) is 10.2. The van der Waals surface area contributed by atoms with E-state index < -0.39 is 0 Å². The Balaban J connectivity index is 2.47. The molecule has 0 aromatic carbocycles. The number of ketones is 1. The summed E-state index contributed by atoms with van der Waals surface area (Å²) >= 11 is 0. The van der Waals surface area contributed by atoms with Crippen LogP contribution in [0.2, 0.25) is 0 Å². The number of carbonyl (C=O) groups excluding carboxylic acids is 2. The molecule has 0 radical (unpaired) electrons. The molecule has 0 fully saturated rings. The van der Waals surface area contributed by atoms with Crippen LogP contribution in [-0.4, -0.2) is 36.5 Å². The van der Waals surface area contributed by atoms with E-state index in [2.05, 4.69) is 0 Å². The van der Waals surface area contributed by atoms with Crippen molar-refractivity contribution >= 4 is 11.9 Å². The highest BCUT2D eigenvalue weighted by Gasteiger charge is 2.21. The lowest BCUT2D eigenvalue weighted by Crippen LogP contribution is -2.37. The summed E-state index contributed by atoms with van der Waals surface area (Å²) in [5, 5.41) is 0. The number of amides is 1. The summed E-state index contributed by atoms with van der Waals surface area (Å²) in [5.74, 6) is 0.359. The van der Waals surface area contributed by atoms with E-state index in [0.717, 1.165) is 6.42 Å². The summed E-state index contributed by atoms with van der Waals surface area (Å²) < 4.78 is 5.12. The van der Waals surface area contributed by atoms with Crippen LogP contribution in [0.4, 0.5) is 4.79 Å². The largest absolute Gasteiger partial charge is 0.449 e. The van der Waals surface area contributed by atoms with Crippen molar-refractivity contribution in [2.75, 3.05) is 19.7 Å². The van der Waals surface area contributed by atoms with Gasteiger partial charge in [0.15, 0.2) is 5.78 Å². The molecule has 0 aromatic rings. The maximum atomic E-state index is 11.6. The minimum absolute atomic E-state index is 0.0290. The van der Waals surface area contributed by atoms with Gasteiger partial charge in [-0.15, -0.1) is 0 Å². The molecule has 1 aliphatic rings. The first-order chi connectivity index (χ1) is 7.50. The molecular weight excluding hydrogens is 206 g/mol. The Morgan fingerprint density at radius 2 is 2.19 bits per heavy atom. The molecule has 16 heavy (non-hydrogen) atoms. The predicted octanol–water partition coefficient (Wildman–Crippen LogP) is 2.00. The number of hydrogen-bond donors (Lipinski definition) is 0. The second-order valence-electron chi connectivity index (χ2n) is 4.47. The van der Waals surface area contributed by atoms with Gasteiger partial charge in [-0.1, -0.05) is 19.9 Å². The number of carbonyl (C=O) groups is 2. The van der Waals surface area contributed by atoms with Crippen LogP contribution in [0.1, 0.15) is 27.2 Å². The van der Waals surface area contributed by atoms with Gasteiger partial charge in [-0.3, -0.25) is 4.79 Å². The highest BCUT2D eigenvalue weighted by atomic mass is 16.6. The first kappa shape index (κ1) is 12.7. The average Bonchev–Trinajstić information content (AvgIpc) is 2.26. The van der Waals surface area contributed by atoms with E-state index in [-0.39, 0.29) is 11.9 Å². The van der Waals surface area contributed by atoms with E-state index in [1.54, 1.807) is 4.90 Å². The number of nitrogens with zero attached hydrogens (tertiary/aromatic N) is 1. The molecule has 4 nitrogen and oxygen atoms in total. The van der Waals surface area contributed by atoms with Crippen molar-refractivity contribution in [2.45, 2.75) is 27.2 Å². The van der Waals surface area contributed by atoms with E-state index >= 15 is 0 Å². The predicted molar refractivity (Wildman–Crippen MR) is 61.1 cm³/mol. The van der Waals surface area contributed by atoms with Crippen LogP contribution in [0.15, 0.2) is 11.6 Å². The number of Topliss-reactive ketones (excluding diaryl/α,β-unsaturated/α-hetero) is 1. The smallest absolute Gasteiger partial charge is 0.410 e. The van der Waals surface area contributed by atoms with Gasteiger partial charge in [0.25, 0.3) is 0 Å². The molecule has 0 N–H and O–H groups in total. The van der Waals surface area contributed by atoms with Crippen LogP contribution in [0.5, 0.6) is 0 Å².